The summed E-state index contributed by atoms with van der Waals surface area (Å²) in [5, 5.41) is 0. The number of hydrogen-bond acceptors (Lipinski definition) is 4. The van der Waals surface area contributed by atoms with E-state index in [0.29, 0.717) is 17.1 Å². The summed E-state index contributed by atoms with van der Waals surface area (Å²) in [4.78, 5) is 24.1. The predicted molar refractivity (Wildman–Crippen MR) is 83.0 cm³/mol. The Morgan fingerprint density at radius 2 is 1.48 bits per heavy atom. The molecular formula is C17H16N2O4. The summed E-state index contributed by atoms with van der Waals surface area (Å²) in [6, 6.07) is 15.7. The molecule has 2 aromatic rings. The summed E-state index contributed by atoms with van der Waals surface area (Å²) in [7, 11) is 0. The van der Waals surface area contributed by atoms with E-state index in [2.05, 4.69) is 10.9 Å². The van der Waals surface area contributed by atoms with Gasteiger partial charge in [-0.05, 0) is 31.2 Å². The van der Waals surface area contributed by atoms with Crippen molar-refractivity contribution in [3.05, 3.63) is 60.2 Å². The first-order chi connectivity index (χ1) is 11.1. The van der Waals surface area contributed by atoms with Gasteiger partial charge in [0, 0.05) is 5.56 Å². The second-order valence-corrected chi connectivity index (χ2v) is 5.12. The Hall–Kier alpha value is -3.02. The number of carbonyl (C=O) groups is 2. The predicted octanol–water partition coefficient (Wildman–Crippen LogP) is 1.68. The molecule has 2 unspecified atom stereocenters. The standard InChI is InChI=1S/C17H16N2O4/c1-11-15(23-14-10-6-5-9-13(14)22-11)17(21)19-18-16(20)12-7-3-2-4-8-12/h2-11,15H,1H3,(H,18,20)(H,19,21). The Kier molecular flexibility index (Phi) is 4.14. The average Bonchev–Trinajstić information content (AvgIpc) is 2.59. The summed E-state index contributed by atoms with van der Waals surface area (Å²) in [6.45, 7) is 1.74. The second-order valence-electron chi connectivity index (χ2n) is 5.12. The van der Waals surface area contributed by atoms with Gasteiger partial charge in [-0.1, -0.05) is 30.3 Å². The zero-order chi connectivity index (χ0) is 16.2. The molecule has 6 nitrogen and oxygen atoms in total. The summed E-state index contributed by atoms with van der Waals surface area (Å²) in [5.74, 6) is 0.220. The molecule has 3 rings (SSSR count). The van der Waals surface area contributed by atoms with Crippen LogP contribution in [0.2, 0.25) is 0 Å². The molecule has 2 amide bonds. The van der Waals surface area contributed by atoms with Crippen LogP contribution in [-0.2, 0) is 4.79 Å². The third-order valence-corrected chi connectivity index (χ3v) is 3.44. The van der Waals surface area contributed by atoms with Crippen LogP contribution in [0, 0.1) is 0 Å². The molecule has 0 spiro atoms. The van der Waals surface area contributed by atoms with E-state index in [9.17, 15) is 9.59 Å². The number of hydrazine groups is 1. The van der Waals surface area contributed by atoms with Crippen molar-refractivity contribution < 1.29 is 19.1 Å². The van der Waals surface area contributed by atoms with Gasteiger partial charge in [-0.15, -0.1) is 0 Å². The lowest BCUT2D eigenvalue weighted by molar-refractivity contribution is -0.134. The van der Waals surface area contributed by atoms with Crippen molar-refractivity contribution in [1.29, 1.82) is 0 Å². The Bertz CT molecular complexity index is 718. The summed E-state index contributed by atoms with van der Waals surface area (Å²) in [5.41, 5.74) is 5.19. The van der Waals surface area contributed by atoms with Crippen molar-refractivity contribution in [2.24, 2.45) is 0 Å². The first-order valence-electron chi connectivity index (χ1n) is 7.23. The van der Waals surface area contributed by atoms with Crippen molar-refractivity contribution in [3.63, 3.8) is 0 Å². The number of carbonyl (C=O) groups excluding carboxylic acids is 2. The smallest absolute Gasteiger partial charge is 0.283 e. The minimum absolute atomic E-state index is 0.399. The van der Waals surface area contributed by atoms with Gasteiger partial charge < -0.3 is 9.47 Å². The Balaban J connectivity index is 1.62. The highest BCUT2D eigenvalue weighted by Crippen LogP contribution is 2.33. The normalized spacial score (nSPS) is 18.8. The maximum absolute atomic E-state index is 12.2. The minimum Gasteiger partial charge on any atom is -0.482 e. The van der Waals surface area contributed by atoms with Gasteiger partial charge in [0.15, 0.2) is 11.5 Å². The van der Waals surface area contributed by atoms with E-state index < -0.39 is 24.0 Å². The molecule has 1 heterocycles. The van der Waals surface area contributed by atoms with Crippen LogP contribution in [0.3, 0.4) is 0 Å². The molecular weight excluding hydrogens is 296 g/mol. The first-order valence-corrected chi connectivity index (χ1v) is 7.23. The highest BCUT2D eigenvalue weighted by atomic mass is 16.6. The fourth-order valence-corrected chi connectivity index (χ4v) is 2.26. The van der Waals surface area contributed by atoms with Gasteiger partial charge in [0.1, 0.15) is 6.10 Å². The van der Waals surface area contributed by atoms with Gasteiger partial charge in [0.2, 0.25) is 6.10 Å². The van der Waals surface area contributed by atoms with Crippen LogP contribution in [0.5, 0.6) is 11.5 Å². The molecule has 0 bridgehead atoms. The number of amides is 2. The lowest BCUT2D eigenvalue weighted by Crippen LogP contribution is -2.53. The van der Waals surface area contributed by atoms with Crippen molar-refractivity contribution in [3.8, 4) is 11.5 Å². The van der Waals surface area contributed by atoms with Crippen molar-refractivity contribution >= 4 is 11.8 Å². The van der Waals surface area contributed by atoms with Crippen LogP contribution in [0.15, 0.2) is 54.6 Å². The van der Waals surface area contributed by atoms with E-state index in [0.717, 1.165) is 0 Å². The van der Waals surface area contributed by atoms with Crippen LogP contribution in [-0.4, -0.2) is 24.0 Å². The minimum atomic E-state index is -0.846. The molecule has 1 aliphatic heterocycles. The molecule has 6 heteroatoms. The van der Waals surface area contributed by atoms with Crippen LogP contribution in [0.1, 0.15) is 17.3 Å². The number of fused-ring (bicyclic) bond motifs is 1. The van der Waals surface area contributed by atoms with E-state index in [1.165, 1.54) is 0 Å². The third-order valence-electron chi connectivity index (χ3n) is 3.44. The molecule has 1 aliphatic rings. The van der Waals surface area contributed by atoms with E-state index in [1.807, 2.05) is 12.1 Å². The molecule has 0 radical (unpaired) electrons. The molecule has 2 atom stereocenters. The molecule has 23 heavy (non-hydrogen) atoms. The van der Waals surface area contributed by atoms with Crippen molar-refractivity contribution in [2.75, 3.05) is 0 Å². The Morgan fingerprint density at radius 3 is 2.17 bits per heavy atom. The zero-order valence-corrected chi connectivity index (χ0v) is 12.5. The monoisotopic (exact) mass is 312 g/mol. The number of rotatable bonds is 2. The quantitative estimate of drug-likeness (QED) is 0.827. The molecule has 0 aliphatic carbocycles. The highest BCUT2D eigenvalue weighted by molar-refractivity contribution is 5.95. The molecule has 0 fully saturated rings. The fourth-order valence-electron chi connectivity index (χ4n) is 2.26. The number of nitrogens with one attached hydrogen (secondary N) is 2. The van der Waals surface area contributed by atoms with Gasteiger partial charge >= 0.3 is 0 Å². The number of ether oxygens (including phenoxy) is 2. The first kappa shape index (κ1) is 14.9. The van der Waals surface area contributed by atoms with E-state index in [4.69, 9.17) is 9.47 Å². The molecule has 0 saturated heterocycles. The van der Waals surface area contributed by atoms with Gasteiger partial charge in [0.25, 0.3) is 11.8 Å². The summed E-state index contributed by atoms with van der Waals surface area (Å²) >= 11 is 0. The maximum Gasteiger partial charge on any atom is 0.283 e. The van der Waals surface area contributed by atoms with Crippen LogP contribution in [0.4, 0.5) is 0 Å². The number of para-hydroxylation sites is 2. The lowest BCUT2D eigenvalue weighted by atomic mass is 10.1. The number of benzene rings is 2. The average molecular weight is 312 g/mol. The van der Waals surface area contributed by atoms with Crippen LogP contribution in [0.25, 0.3) is 0 Å². The highest BCUT2D eigenvalue weighted by Gasteiger charge is 2.34. The SMILES string of the molecule is CC1Oc2ccccc2OC1C(=O)NNC(=O)c1ccccc1. The Labute approximate surface area is 133 Å². The molecule has 2 aromatic carbocycles. The zero-order valence-electron chi connectivity index (χ0n) is 12.5. The van der Waals surface area contributed by atoms with E-state index in [1.54, 1.807) is 49.4 Å². The summed E-state index contributed by atoms with van der Waals surface area (Å²) in [6.07, 6.45) is -1.32. The van der Waals surface area contributed by atoms with Gasteiger partial charge in [-0.3, -0.25) is 20.4 Å². The lowest BCUT2D eigenvalue weighted by Gasteiger charge is -2.30. The molecule has 2 N–H and O–H groups in total. The Morgan fingerprint density at radius 1 is 0.870 bits per heavy atom. The van der Waals surface area contributed by atoms with E-state index >= 15 is 0 Å². The third kappa shape index (κ3) is 3.26. The second kappa shape index (κ2) is 6.39. The molecule has 0 aromatic heterocycles. The van der Waals surface area contributed by atoms with Crippen molar-refractivity contribution in [2.45, 2.75) is 19.1 Å². The maximum atomic E-state index is 12.2. The topological polar surface area (TPSA) is 76.7 Å². The fraction of sp³-hybridized carbons (Fsp3) is 0.176. The van der Waals surface area contributed by atoms with Gasteiger partial charge in [-0.25, -0.2) is 0 Å². The van der Waals surface area contributed by atoms with Crippen LogP contribution >= 0.6 is 0 Å². The summed E-state index contributed by atoms with van der Waals surface area (Å²) < 4.78 is 11.3. The van der Waals surface area contributed by atoms with Gasteiger partial charge in [0.05, 0.1) is 0 Å². The van der Waals surface area contributed by atoms with Crippen LogP contribution < -0.4 is 20.3 Å². The molecule has 118 valence electrons. The number of hydrogen-bond donors (Lipinski definition) is 2. The van der Waals surface area contributed by atoms with Crippen molar-refractivity contribution in [1.82, 2.24) is 10.9 Å². The van der Waals surface area contributed by atoms with E-state index in [-0.39, 0.29) is 0 Å². The molecule has 0 saturated carbocycles. The largest absolute Gasteiger partial charge is 0.482 e. The van der Waals surface area contributed by atoms with Gasteiger partial charge in [-0.2, -0.15) is 0 Å².